The Morgan fingerprint density at radius 2 is 1.92 bits per heavy atom. The molecule has 3 aliphatic rings. The van der Waals surface area contributed by atoms with Gasteiger partial charge in [0.2, 0.25) is 10.0 Å². The van der Waals surface area contributed by atoms with Gasteiger partial charge in [0.05, 0.1) is 4.90 Å². The van der Waals surface area contributed by atoms with E-state index in [9.17, 15) is 8.42 Å². The minimum absolute atomic E-state index is 0.00278. The van der Waals surface area contributed by atoms with E-state index in [1.54, 1.807) is 28.8 Å². The van der Waals surface area contributed by atoms with Gasteiger partial charge in [-0.1, -0.05) is 22.0 Å². The fourth-order valence-electron chi connectivity index (χ4n) is 3.52. The van der Waals surface area contributed by atoms with Crippen molar-refractivity contribution in [3.8, 4) is 0 Å². The summed E-state index contributed by atoms with van der Waals surface area (Å²) in [5, 5.41) is 0. The van der Waals surface area contributed by atoms with Crippen LogP contribution in [0.5, 0.6) is 0 Å². The Morgan fingerprint density at radius 3 is 2.58 bits per heavy atom. The van der Waals surface area contributed by atoms with Crippen LogP contribution >= 0.6 is 15.9 Å². The minimum Gasteiger partial charge on any atom is -0.353 e. The Hall–Kier alpha value is -1.51. The summed E-state index contributed by atoms with van der Waals surface area (Å²) in [7, 11) is -3.45. The molecular weight excluding hydrogens is 392 g/mol. The molecule has 2 unspecified atom stereocenters. The number of fused-ring (bicyclic) bond motifs is 2. The lowest BCUT2D eigenvalue weighted by molar-refractivity contribution is 0.0874. The number of sulfonamides is 1. The number of piperazine rings is 1. The SMILES string of the molecule is Cc1cc(N2CC3CC(C2)N3S(=O)(=O)c2cccc(Br)c2)ncn1. The summed E-state index contributed by atoms with van der Waals surface area (Å²) in [6.45, 7) is 3.26. The Kier molecular flexibility index (Phi) is 3.85. The molecule has 0 saturated carbocycles. The molecule has 2 bridgehead atoms. The fraction of sp³-hybridized carbons (Fsp3) is 0.375. The van der Waals surface area contributed by atoms with Crippen molar-refractivity contribution in [2.75, 3.05) is 18.0 Å². The fourth-order valence-corrected chi connectivity index (χ4v) is 5.93. The van der Waals surface area contributed by atoms with E-state index in [0.29, 0.717) is 18.0 Å². The van der Waals surface area contributed by atoms with Gasteiger partial charge < -0.3 is 4.90 Å². The smallest absolute Gasteiger partial charge is 0.243 e. The second kappa shape index (κ2) is 5.79. The van der Waals surface area contributed by atoms with Crippen LogP contribution in [0.25, 0.3) is 0 Å². The predicted octanol–water partition coefficient (Wildman–Crippen LogP) is 2.20. The van der Waals surface area contributed by atoms with Crippen molar-refractivity contribution < 1.29 is 8.42 Å². The van der Waals surface area contributed by atoms with Gasteiger partial charge in [0.1, 0.15) is 12.1 Å². The molecule has 0 amide bonds. The van der Waals surface area contributed by atoms with E-state index in [-0.39, 0.29) is 12.1 Å². The van der Waals surface area contributed by atoms with Crippen LogP contribution in [0, 0.1) is 6.92 Å². The van der Waals surface area contributed by atoms with Gasteiger partial charge in [0, 0.05) is 41.4 Å². The molecule has 0 aliphatic carbocycles. The predicted molar refractivity (Wildman–Crippen MR) is 94.3 cm³/mol. The van der Waals surface area contributed by atoms with Crippen molar-refractivity contribution in [3.05, 3.63) is 46.8 Å². The second-order valence-electron chi connectivity index (χ2n) is 6.26. The number of aryl methyl sites for hydroxylation is 1. The number of hydrogen-bond acceptors (Lipinski definition) is 5. The third-order valence-corrected chi connectivity index (χ3v) is 7.11. The highest BCUT2D eigenvalue weighted by molar-refractivity contribution is 9.10. The number of aromatic nitrogens is 2. The van der Waals surface area contributed by atoms with E-state index in [2.05, 4.69) is 30.8 Å². The van der Waals surface area contributed by atoms with Crippen LogP contribution < -0.4 is 4.90 Å². The number of nitrogens with zero attached hydrogens (tertiary/aromatic N) is 4. The van der Waals surface area contributed by atoms with Gasteiger partial charge in [-0.3, -0.25) is 0 Å². The zero-order chi connectivity index (χ0) is 16.9. The third-order valence-electron chi connectivity index (χ3n) is 4.61. The Balaban J connectivity index is 1.57. The lowest BCUT2D eigenvalue weighted by Crippen LogP contribution is -2.70. The summed E-state index contributed by atoms with van der Waals surface area (Å²) in [4.78, 5) is 10.9. The molecule has 1 aromatic heterocycles. The number of hydrogen-bond donors (Lipinski definition) is 0. The van der Waals surface area contributed by atoms with E-state index in [4.69, 9.17) is 0 Å². The normalized spacial score (nSPS) is 23.8. The highest BCUT2D eigenvalue weighted by Gasteiger charge is 2.51. The molecule has 2 atom stereocenters. The molecule has 2 aromatic rings. The van der Waals surface area contributed by atoms with E-state index in [1.807, 2.05) is 19.1 Å². The van der Waals surface area contributed by atoms with Crippen molar-refractivity contribution in [2.24, 2.45) is 0 Å². The molecule has 3 saturated heterocycles. The first kappa shape index (κ1) is 16.0. The van der Waals surface area contributed by atoms with Crippen LogP contribution in [0.1, 0.15) is 12.1 Å². The number of anilines is 1. The summed E-state index contributed by atoms with van der Waals surface area (Å²) >= 11 is 3.35. The minimum atomic E-state index is -3.45. The molecular formula is C16H17BrN4O2S. The zero-order valence-electron chi connectivity index (χ0n) is 13.1. The summed E-state index contributed by atoms with van der Waals surface area (Å²) in [5.74, 6) is 0.872. The summed E-state index contributed by atoms with van der Waals surface area (Å²) in [6.07, 6.45) is 2.47. The summed E-state index contributed by atoms with van der Waals surface area (Å²) in [6, 6.07) is 8.84. The first-order chi connectivity index (χ1) is 11.4. The molecule has 0 radical (unpaired) electrons. The summed E-state index contributed by atoms with van der Waals surface area (Å²) < 4.78 is 28.3. The van der Waals surface area contributed by atoms with Crippen LogP contribution in [0.15, 0.2) is 46.0 Å². The van der Waals surface area contributed by atoms with Gasteiger partial charge in [0.25, 0.3) is 0 Å². The molecule has 3 fully saturated rings. The largest absolute Gasteiger partial charge is 0.353 e. The molecule has 1 aromatic carbocycles. The van der Waals surface area contributed by atoms with Crippen LogP contribution in [0.2, 0.25) is 0 Å². The van der Waals surface area contributed by atoms with E-state index in [1.165, 1.54) is 0 Å². The van der Waals surface area contributed by atoms with Crippen LogP contribution in [-0.4, -0.2) is 47.9 Å². The molecule has 6 nitrogen and oxygen atoms in total. The standard InChI is InChI=1S/C16H17BrN4O2S/c1-11-5-16(19-10-18-11)20-8-13-7-14(9-20)21(13)24(22,23)15-4-2-3-12(17)6-15/h2-6,10,13-14H,7-9H2,1H3. The number of piperidine rings is 1. The maximum atomic E-state index is 12.9. The first-order valence-electron chi connectivity index (χ1n) is 7.78. The average molecular weight is 409 g/mol. The van der Waals surface area contributed by atoms with Gasteiger partial charge in [-0.15, -0.1) is 0 Å². The molecule has 4 heterocycles. The molecule has 0 N–H and O–H groups in total. The monoisotopic (exact) mass is 408 g/mol. The molecule has 3 aliphatic heterocycles. The maximum Gasteiger partial charge on any atom is 0.243 e. The second-order valence-corrected chi connectivity index (χ2v) is 9.02. The molecule has 5 rings (SSSR count). The van der Waals surface area contributed by atoms with Crippen molar-refractivity contribution in [2.45, 2.75) is 30.3 Å². The van der Waals surface area contributed by atoms with Crippen molar-refractivity contribution in [1.29, 1.82) is 0 Å². The number of rotatable bonds is 3. The third kappa shape index (κ3) is 2.62. The van der Waals surface area contributed by atoms with Crippen LogP contribution in [-0.2, 0) is 10.0 Å². The molecule has 24 heavy (non-hydrogen) atoms. The summed E-state index contributed by atoms with van der Waals surface area (Å²) in [5.41, 5.74) is 0.915. The van der Waals surface area contributed by atoms with E-state index >= 15 is 0 Å². The van der Waals surface area contributed by atoms with Crippen molar-refractivity contribution >= 4 is 31.8 Å². The topological polar surface area (TPSA) is 66.4 Å². The Bertz CT molecular complexity index is 877. The van der Waals surface area contributed by atoms with Crippen LogP contribution in [0.3, 0.4) is 0 Å². The molecule has 126 valence electrons. The van der Waals surface area contributed by atoms with Gasteiger partial charge in [0.15, 0.2) is 0 Å². The van der Waals surface area contributed by atoms with Gasteiger partial charge >= 0.3 is 0 Å². The Morgan fingerprint density at radius 1 is 1.17 bits per heavy atom. The lowest BCUT2D eigenvalue weighted by atomic mass is 9.91. The first-order valence-corrected chi connectivity index (χ1v) is 10.0. The molecule has 8 heteroatoms. The highest BCUT2D eigenvalue weighted by Crippen LogP contribution is 2.38. The van der Waals surface area contributed by atoms with Crippen molar-refractivity contribution in [1.82, 2.24) is 14.3 Å². The highest BCUT2D eigenvalue weighted by atomic mass is 79.9. The maximum absolute atomic E-state index is 12.9. The van der Waals surface area contributed by atoms with E-state index in [0.717, 1.165) is 22.4 Å². The van der Waals surface area contributed by atoms with Gasteiger partial charge in [-0.05, 0) is 31.5 Å². The average Bonchev–Trinajstić information content (AvgIpc) is 2.54. The van der Waals surface area contributed by atoms with E-state index < -0.39 is 10.0 Å². The van der Waals surface area contributed by atoms with Gasteiger partial charge in [-0.25, -0.2) is 18.4 Å². The van der Waals surface area contributed by atoms with Crippen LogP contribution in [0.4, 0.5) is 5.82 Å². The molecule has 0 spiro atoms. The number of halogens is 1. The number of benzene rings is 1. The van der Waals surface area contributed by atoms with Crippen molar-refractivity contribution in [3.63, 3.8) is 0 Å². The Labute approximate surface area is 149 Å². The quantitative estimate of drug-likeness (QED) is 0.778. The lowest BCUT2D eigenvalue weighted by Gasteiger charge is -2.55. The van der Waals surface area contributed by atoms with Gasteiger partial charge in [-0.2, -0.15) is 4.31 Å². The zero-order valence-corrected chi connectivity index (χ0v) is 15.5.